The normalized spacial score (nSPS) is 33.7. The van der Waals surface area contributed by atoms with Gasteiger partial charge in [0.25, 0.3) is 0 Å². The molecule has 3 amide bonds. The van der Waals surface area contributed by atoms with Gasteiger partial charge in [-0.1, -0.05) is 64.9 Å². The third-order valence-electron chi connectivity index (χ3n) is 18.4. The third-order valence-corrected chi connectivity index (χ3v) is 19.9. The number of piperidine rings is 1. The molecule has 7 atom stereocenters. The number of allylic oxidation sites excluding steroid dienone is 1. The Balaban J connectivity index is 1.06. The molecule has 8 rings (SSSR count). The van der Waals surface area contributed by atoms with Crippen molar-refractivity contribution in [2.75, 3.05) is 26.2 Å². The summed E-state index contributed by atoms with van der Waals surface area (Å²) in [7, 11) is -4.05. The molecule has 12 nitrogen and oxygen atoms in total. The number of fused-ring (bicyclic) bond motifs is 1. The summed E-state index contributed by atoms with van der Waals surface area (Å²) in [6.07, 6.45) is 18.5. The molecule has 8 aliphatic rings. The Labute approximate surface area is 365 Å². The highest BCUT2D eigenvalue weighted by atomic mass is 32.2. The Kier molecular flexibility index (Phi) is 12.6. The van der Waals surface area contributed by atoms with Crippen molar-refractivity contribution in [1.29, 1.82) is 0 Å². The Morgan fingerprint density at radius 3 is 1.98 bits per heavy atom. The first-order valence-electron chi connectivity index (χ1n) is 24.4. The lowest BCUT2D eigenvalue weighted by Gasteiger charge is -2.39. The van der Waals surface area contributed by atoms with Crippen molar-refractivity contribution in [3.63, 3.8) is 0 Å². The minimum Gasteiger partial charge on any atom is -0.345 e. The molecule has 0 aromatic carbocycles. The maximum atomic E-state index is 15.5. The highest BCUT2D eigenvalue weighted by molar-refractivity contribution is 7.87. The van der Waals surface area contributed by atoms with E-state index in [9.17, 15) is 27.6 Å². The number of carbonyl (C=O) groups is 5. The van der Waals surface area contributed by atoms with Crippen LogP contribution in [0.15, 0.2) is 12.7 Å². The number of carbonyl (C=O) groups excluding carboxylic acids is 5. The predicted molar refractivity (Wildman–Crippen MR) is 234 cm³/mol. The van der Waals surface area contributed by atoms with E-state index in [-0.39, 0.29) is 82.3 Å². The first-order chi connectivity index (χ1) is 29.0. The minimum absolute atomic E-state index is 0.00704. The molecular formula is C48H75N5O7S. The summed E-state index contributed by atoms with van der Waals surface area (Å²) in [4.78, 5) is 77.7. The van der Waals surface area contributed by atoms with Gasteiger partial charge in [0.2, 0.25) is 17.7 Å². The molecule has 2 unspecified atom stereocenters. The lowest BCUT2D eigenvalue weighted by Crippen LogP contribution is -2.57. The lowest BCUT2D eigenvalue weighted by molar-refractivity contribution is -0.145. The monoisotopic (exact) mass is 866 g/mol. The van der Waals surface area contributed by atoms with E-state index in [1.807, 2.05) is 4.90 Å². The summed E-state index contributed by atoms with van der Waals surface area (Å²) in [5, 5.41) is 3.32. The van der Waals surface area contributed by atoms with Gasteiger partial charge in [0.1, 0.15) is 0 Å². The molecule has 5 aliphatic carbocycles. The van der Waals surface area contributed by atoms with Crippen LogP contribution in [-0.4, -0.2) is 102 Å². The van der Waals surface area contributed by atoms with E-state index >= 15 is 4.79 Å². The SMILES string of the molecule is C=C[C@@H]1C[C@]1(CC(=O)[C@@H]1C[C@@]2(CN1C(=O)C(CC(=O)C(NC(=O)[C@@H]1CCCCN1C(C)C)C1CCCCC1)C1CCCC1)C(C)(C)C21CCC1)C(=O)NS(=O)(=O)N1CCCC1. The molecule has 8 fully saturated rings. The van der Waals surface area contributed by atoms with Crippen LogP contribution >= 0.6 is 0 Å². The van der Waals surface area contributed by atoms with E-state index in [1.54, 1.807) is 6.08 Å². The second kappa shape index (κ2) is 17.1. The van der Waals surface area contributed by atoms with Crippen molar-refractivity contribution >= 4 is 39.5 Å². The molecule has 3 aliphatic heterocycles. The van der Waals surface area contributed by atoms with Crippen LogP contribution in [0.5, 0.6) is 0 Å². The average molecular weight is 866 g/mol. The Morgan fingerprint density at radius 2 is 1.39 bits per heavy atom. The molecule has 13 heteroatoms. The summed E-state index contributed by atoms with van der Waals surface area (Å²) in [5.74, 6) is -2.04. The molecule has 3 heterocycles. The van der Waals surface area contributed by atoms with Gasteiger partial charge in [0, 0.05) is 49.9 Å². The fourth-order valence-corrected chi connectivity index (χ4v) is 15.7. The number of nitrogens with one attached hydrogen (secondary N) is 2. The zero-order chi connectivity index (χ0) is 43.5. The van der Waals surface area contributed by atoms with Crippen LogP contribution in [-0.2, 0) is 34.2 Å². The second-order valence-electron chi connectivity index (χ2n) is 21.8. The third kappa shape index (κ3) is 7.78. The number of nitrogens with zero attached hydrogens (tertiary/aromatic N) is 3. The average Bonchev–Trinajstić information content (AvgIpc) is 3.65. The molecule has 2 spiro atoms. The first kappa shape index (κ1) is 44.9. The number of amides is 3. The number of rotatable bonds is 16. The van der Waals surface area contributed by atoms with Crippen LogP contribution in [0, 0.1) is 45.3 Å². The first-order valence-corrected chi connectivity index (χ1v) is 25.8. The van der Waals surface area contributed by atoms with Crippen molar-refractivity contribution in [1.82, 2.24) is 24.1 Å². The molecule has 2 N–H and O–H groups in total. The van der Waals surface area contributed by atoms with Crippen LogP contribution in [0.1, 0.15) is 163 Å². The molecule has 0 bridgehead atoms. The zero-order valence-electron chi connectivity index (χ0n) is 37.7. The largest absolute Gasteiger partial charge is 0.345 e. The number of likely N-dealkylation sites (tertiary alicyclic amines) is 2. The maximum Gasteiger partial charge on any atom is 0.303 e. The molecule has 5 saturated carbocycles. The quantitative estimate of drug-likeness (QED) is 0.167. The van der Waals surface area contributed by atoms with E-state index in [0.717, 1.165) is 116 Å². The summed E-state index contributed by atoms with van der Waals surface area (Å²) >= 11 is 0. The van der Waals surface area contributed by atoms with E-state index in [2.05, 4.69) is 49.2 Å². The van der Waals surface area contributed by atoms with E-state index in [4.69, 9.17) is 0 Å². The summed E-state index contributed by atoms with van der Waals surface area (Å²) < 4.78 is 30.2. The standard InChI is InChI=1S/C48H75N5O7S/c1-6-35-28-46(35,44(58)50-61(59,60)51-24-14-15-25-51)30-40(55)38-29-48(45(4,5)47(48)22-16-23-47)31-53(38)43(57)36(33-17-10-11-18-33)27-39(54)41(34-19-8-7-9-20-34)49-42(56)37-21-12-13-26-52(37)32(2)3/h6,32-38,41H,1,7-31H2,2-5H3,(H,49,56)(H,50,58)/t35-,36?,37+,38+,41?,46-,48-/m1/s1. The van der Waals surface area contributed by atoms with Crippen LogP contribution in [0.3, 0.4) is 0 Å². The number of hydrogen-bond donors (Lipinski definition) is 2. The van der Waals surface area contributed by atoms with Crippen molar-refractivity contribution < 1.29 is 32.4 Å². The molecular weight excluding hydrogens is 791 g/mol. The Morgan fingerprint density at radius 1 is 0.770 bits per heavy atom. The van der Waals surface area contributed by atoms with Crippen LogP contribution in [0.4, 0.5) is 0 Å². The van der Waals surface area contributed by atoms with Gasteiger partial charge in [0.05, 0.1) is 23.5 Å². The Bertz CT molecular complexity index is 1840. The van der Waals surface area contributed by atoms with Crippen molar-refractivity contribution in [3.05, 3.63) is 12.7 Å². The zero-order valence-corrected chi connectivity index (χ0v) is 38.5. The fraction of sp³-hybridized carbons (Fsp3) is 0.854. The van der Waals surface area contributed by atoms with E-state index in [0.29, 0.717) is 32.5 Å². The van der Waals surface area contributed by atoms with E-state index in [1.165, 1.54) is 4.31 Å². The van der Waals surface area contributed by atoms with Gasteiger partial charge in [-0.05, 0) is 126 Å². The summed E-state index contributed by atoms with van der Waals surface area (Å²) in [5.41, 5.74) is -1.51. The van der Waals surface area contributed by atoms with Crippen LogP contribution < -0.4 is 10.0 Å². The van der Waals surface area contributed by atoms with Crippen LogP contribution in [0.2, 0.25) is 0 Å². The van der Waals surface area contributed by atoms with Crippen molar-refractivity contribution in [3.8, 4) is 0 Å². The van der Waals surface area contributed by atoms with Gasteiger partial charge < -0.3 is 10.2 Å². The maximum absolute atomic E-state index is 15.5. The van der Waals surface area contributed by atoms with Gasteiger partial charge >= 0.3 is 10.2 Å². The highest BCUT2D eigenvalue weighted by Gasteiger charge is 2.85. The molecule has 0 aromatic heterocycles. The number of hydrogen-bond acceptors (Lipinski definition) is 8. The van der Waals surface area contributed by atoms with Gasteiger partial charge in [-0.15, -0.1) is 6.58 Å². The van der Waals surface area contributed by atoms with Crippen molar-refractivity contribution in [2.24, 2.45) is 45.3 Å². The lowest BCUT2D eigenvalue weighted by atomic mass is 9.73. The van der Waals surface area contributed by atoms with Crippen molar-refractivity contribution in [2.45, 2.75) is 187 Å². The fourth-order valence-electron chi connectivity index (χ4n) is 14.3. The number of ketones is 2. The summed E-state index contributed by atoms with van der Waals surface area (Å²) in [6, 6.07) is -1.47. The Hall–Kier alpha value is -2.64. The topological polar surface area (TPSA) is 153 Å². The smallest absolute Gasteiger partial charge is 0.303 e. The molecule has 61 heavy (non-hydrogen) atoms. The minimum atomic E-state index is -4.05. The second-order valence-corrected chi connectivity index (χ2v) is 23.4. The molecule has 0 aromatic rings. The van der Waals surface area contributed by atoms with E-state index < -0.39 is 39.5 Å². The molecule has 340 valence electrons. The molecule has 3 saturated heterocycles. The number of Topliss-reactive ketones (excluding diaryl/α,β-unsaturated/α-hetero) is 2. The summed E-state index contributed by atoms with van der Waals surface area (Å²) in [6.45, 7) is 14.8. The van der Waals surface area contributed by atoms with Crippen LogP contribution in [0.25, 0.3) is 0 Å². The van der Waals surface area contributed by atoms with Gasteiger partial charge in [0.15, 0.2) is 11.6 Å². The van der Waals surface area contributed by atoms with Gasteiger partial charge in [-0.3, -0.25) is 28.9 Å². The van der Waals surface area contributed by atoms with Gasteiger partial charge in [-0.25, -0.2) is 4.72 Å². The highest BCUT2D eigenvalue weighted by Crippen LogP contribution is 2.88. The van der Waals surface area contributed by atoms with Gasteiger partial charge in [-0.2, -0.15) is 12.7 Å². The molecule has 0 radical (unpaired) electrons. The predicted octanol–water partition coefficient (Wildman–Crippen LogP) is 6.49.